The molecule has 3 saturated heterocycles. The fourth-order valence-electron chi connectivity index (χ4n) is 7.12. The number of aromatic nitrogens is 1. The molecule has 1 aromatic heterocycles. The molecule has 4 aliphatic rings. The first-order chi connectivity index (χ1) is 16.0. The lowest BCUT2D eigenvalue weighted by molar-refractivity contribution is -0.0446. The van der Waals surface area contributed by atoms with Crippen molar-refractivity contribution in [1.82, 2.24) is 25.6 Å². The topological polar surface area (TPSA) is 55.5 Å². The van der Waals surface area contributed by atoms with Gasteiger partial charge in [0.05, 0.1) is 36.3 Å². The Morgan fingerprint density at radius 3 is 2.76 bits per heavy atom. The van der Waals surface area contributed by atoms with Crippen LogP contribution in [0, 0.1) is 23.7 Å². The maximum atomic E-state index is 12.4. The number of hydrogen-bond donors (Lipinski definition) is 3. The zero-order chi connectivity index (χ0) is 22.9. The average Bonchev–Trinajstić information content (AvgIpc) is 3.25. The number of alkyl halides is 1. The summed E-state index contributed by atoms with van der Waals surface area (Å²) in [6.45, 7) is 12.0. The van der Waals surface area contributed by atoms with Crippen LogP contribution in [0.1, 0.15) is 58.2 Å². The number of fused-ring (bicyclic) bond motifs is 3. The summed E-state index contributed by atoms with van der Waals surface area (Å²) < 4.78 is 12.4. The van der Waals surface area contributed by atoms with E-state index in [1.165, 1.54) is 25.0 Å². The molecule has 0 amide bonds. The molecule has 0 radical (unpaired) electrons. The molecule has 3 N–H and O–H groups in total. The maximum Gasteiger partial charge on any atom is 0.0906 e. The Hall–Kier alpha value is -1.28. The van der Waals surface area contributed by atoms with Gasteiger partial charge in [-0.05, 0) is 68.4 Å². The number of halogens is 1. The zero-order valence-electron chi connectivity index (χ0n) is 20.6. The minimum absolute atomic E-state index is 0.218. The average molecular weight is 459 g/mol. The molecular weight excluding hydrogens is 415 g/mol. The van der Waals surface area contributed by atoms with E-state index in [0.29, 0.717) is 42.4 Å². The SMILES string of the molecule is CC(C)CN1[C@H](C)CC2C3CNNC3CCC2[C@H]1c1ccc(NC2CN(CCCF)C2)cn1. The van der Waals surface area contributed by atoms with Gasteiger partial charge in [-0.15, -0.1) is 0 Å². The molecule has 3 aliphatic heterocycles. The van der Waals surface area contributed by atoms with Gasteiger partial charge in [0.25, 0.3) is 0 Å². The Morgan fingerprint density at radius 1 is 1.18 bits per heavy atom. The number of hydrogen-bond acceptors (Lipinski definition) is 6. The van der Waals surface area contributed by atoms with Crippen molar-refractivity contribution in [3.05, 3.63) is 24.0 Å². The number of nitrogens with one attached hydrogen (secondary N) is 3. The smallest absolute Gasteiger partial charge is 0.0906 e. The van der Waals surface area contributed by atoms with Gasteiger partial charge in [0.2, 0.25) is 0 Å². The van der Waals surface area contributed by atoms with Crippen molar-refractivity contribution >= 4 is 5.69 Å². The van der Waals surface area contributed by atoms with Crippen molar-refractivity contribution in [1.29, 1.82) is 0 Å². The highest BCUT2D eigenvalue weighted by molar-refractivity contribution is 5.43. The van der Waals surface area contributed by atoms with Gasteiger partial charge in [-0.25, -0.2) is 0 Å². The number of anilines is 1. The Balaban J connectivity index is 1.30. The molecule has 184 valence electrons. The lowest BCUT2D eigenvalue weighted by Gasteiger charge is -2.54. The molecular formula is C26H43FN6. The molecule has 4 heterocycles. The summed E-state index contributed by atoms with van der Waals surface area (Å²) in [7, 11) is 0. The van der Waals surface area contributed by atoms with Crippen LogP contribution in [0.2, 0.25) is 0 Å². The summed E-state index contributed by atoms with van der Waals surface area (Å²) in [6, 6.07) is 6.61. The van der Waals surface area contributed by atoms with Crippen LogP contribution in [0.15, 0.2) is 18.3 Å². The lowest BCUT2D eigenvalue weighted by Crippen LogP contribution is -2.55. The first-order valence-electron chi connectivity index (χ1n) is 13.3. The van der Waals surface area contributed by atoms with E-state index in [2.05, 4.69) is 58.9 Å². The molecule has 4 unspecified atom stereocenters. The van der Waals surface area contributed by atoms with Crippen molar-refractivity contribution in [2.24, 2.45) is 23.7 Å². The summed E-state index contributed by atoms with van der Waals surface area (Å²) in [6.07, 6.45) is 6.54. The van der Waals surface area contributed by atoms with E-state index >= 15 is 0 Å². The van der Waals surface area contributed by atoms with Gasteiger partial charge in [0.1, 0.15) is 0 Å². The third-order valence-electron chi connectivity index (χ3n) is 8.60. The third kappa shape index (κ3) is 4.93. The van der Waals surface area contributed by atoms with E-state index in [-0.39, 0.29) is 6.67 Å². The number of rotatable bonds is 8. The fraction of sp³-hybridized carbons (Fsp3) is 0.808. The van der Waals surface area contributed by atoms with Gasteiger partial charge < -0.3 is 5.32 Å². The van der Waals surface area contributed by atoms with Crippen molar-refractivity contribution in [2.75, 3.05) is 44.7 Å². The van der Waals surface area contributed by atoms with Crippen LogP contribution in [0.3, 0.4) is 0 Å². The molecule has 0 spiro atoms. The fourth-order valence-corrected chi connectivity index (χ4v) is 7.12. The first kappa shape index (κ1) is 23.5. The summed E-state index contributed by atoms with van der Waals surface area (Å²) in [5.41, 5.74) is 9.35. The molecule has 4 fully saturated rings. The predicted octanol–water partition coefficient (Wildman–Crippen LogP) is 3.45. The maximum absolute atomic E-state index is 12.4. The molecule has 6 atom stereocenters. The lowest BCUT2D eigenvalue weighted by atomic mass is 9.62. The number of likely N-dealkylation sites (tertiary alicyclic amines) is 2. The third-order valence-corrected chi connectivity index (χ3v) is 8.60. The highest BCUT2D eigenvalue weighted by Crippen LogP contribution is 2.51. The van der Waals surface area contributed by atoms with E-state index in [1.54, 1.807) is 0 Å². The molecule has 5 rings (SSSR count). The quantitative estimate of drug-likeness (QED) is 0.555. The number of pyridine rings is 1. The van der Waals surface area contributed by atoms with Crippen LogP contribution in [0.5, 0.6) is 0 Å². The van der Waals surface area contributed by atoms with Gasteiger partial charge in [-0.1, -0.05) is 13.8 Å². The minimum atomic E-state index is -0.218. The van der Waals surface area contributed by atoms with E-state index in [4.69, 9.17) is 4.98 Å². The molecule has 1 aromatic rings. The minimum Gasteiger partial charge on any atom is -0.378 e. The monoisotopic (exact) mass is 458 g/mol. The van der Waals surface area contributed by atoms with Crippen LogP contribution >= 0.6 is 0 Å². The highest BCUT2D eigenvalue weighted by atomic mass is 19.1. The number of piperidine rings is 1. The zero-order valence-corrected chi connectivity index (χ0v) is 20.6. The van der Waals surface area contributed by atoms with Crippen LogP contribution in [-0.4, -0.2) is 72.3 Å². The second-order valence-electron chi connectivity index (χ2n) is 11.4. The predicted molar refractivity (Wildman–Crippen MR) is 132 cm³/mol. The van der Waals surface area contributed by atoms with Gasteiger partial charge in [-0.2, -0.15) is 0 Å². The molecule has 1 aliphatic carbocycles. The van der Waals surface area contributed by atoms with Crippen molar-refractivity contribution in [2.45, 2.75) is 70.6 Å². The van der Waals surface area contributed by atoms with Crippen LogP contribution < -0.4 is 16.2 Å². The van der Waals surface area contributed by atoms with Crippen LogP contribution in [0.25, 0.3) is 0 Å². The van der Waals surface area contributed by atoms with Gasteiger partial charge >= 0.3 is 0 Å². The summed E-state index contributed by atoms with van der Waals surface area (Å²) in [4.78, 5) is 10.1. The van der Waals surface area contributed by atoms with Crippen molar-refractivity contribution in [3.8, 4) is 0 Å². The van der Waals surface area contributed by atoms with E-state index in [0.717, 1.165) is 50.2 Å². The summed E-state index contributed by atoms with van der Waals surface area (Å²) >= 11 is 0. The highest BCUT2D eigenvalue weighted by Gasteiger charge is 2.50. The van der Waals surface area contributed by atoms with Crippen molar-refractivity contribution in [3.63, 3.8) is 0 Å². The van der Waals surface area contributed by atoms with Crippen LogP contribution in [0.4, 0.5) is 10.1 Å². The molecule has 0 bridgehead atoms. The number of nitrogens with zero attached hydrogens (tertiary/aromatic N) is 3. The second-order valence-corrected chi connectivity index (χ2v) is 11.4. The standard InChI is InChI=1S/C26H43FN6/c1-17(2)14-33-18(3)11-22-21(6-8-24-23(22)13-29-31-24)26(33)25-7-5-19(12-28-25)30-20-15-32(16-20)10-4-9-27/h5,7,12,17-18,20-24,26,29-31H,4,6,8-11,13-16H2,1-3H3/t18-,21?,22?,23?,24?,26+/m1/s1. The van der Waals surface area contributed by atoms with Gasteiger partial charge in [0, 0.05) is 44.8 Å². The van der Waals surface area contributed by atoms with Gasteiger partial charge in [0.15, 0.2) is 0 Å². The molecule has 1 saturated carbocycles. The Kier molecular flexibility index (Phi) is 7.21. The summed E-state index contributed by atoms with van der Waals surface area (Å²) in [5.74, 6) is 2.84. The first-order valence-corrected chi connectivity index (χ1v) is 13.3. The van der Waals surface area contributed by atoms with E-state index < -0.39 is 0 Å². The molecule has 0 aromatic carbocycles. The number of hydrazine groups is 1. The largest absolute Gasteiger partial charge is 0.378 e. The van der Waals surface area contributed by atoms with E-state index in [1.807, 2.05) is 6.20 Å². The molecule has 33 heavy (non-hydrogen) atoms. The Labute approximate surface area is 199 Å². The van der Waals surface area contributed by atoms with Crippen molar-refractivity contribution < 1.29 is 4.39 Å². The second kappa shape index (κ2) is 10.1. The van der Waals surface area contributed by atoms with Gasteiger partial charge in [-0.3, -0.25) is 30.0 Å². The van der Waals surface area contributed by atoms with Crippen LogP contribution in [-0.2, 0) is 0 Å². The normalized spacial score (nSPS) is 35.3. The Morgan fingerprint density at radius 2 is 2.03 bits per heavy atom. The summed E-state index contributed by atoms with van der Waals surface area (Å²) in [5, 5.41) is 3.63. The molecule has 7 heteroatoms. The van der Waals surface area contributed by atoms with E-state index in [9.17, 15) is 4.39 Å². The molecule has 6 nitrogen and oxygen atoms in total. The Bertz CT molecular complexity index is 767.